The number of benzene rings is 2. The van der Waals surface area contributed by atoms with Gasteiger partial charge in [-0.3, -0.25) is 9.69 Å². The molecule has 1 aliphatic heterocycles. The van der Waals surface area contributed by atoms with Crippen molar-refractivity contribution in [3.8, 4) is 5.75 Å². The van der Waals surface area contributed by atoms with Crippen LogP contribution in [0.4, 0.5) is 14.5 Å². The Kier molecular flexibility index (Phi) is 8.38. The van der Waals surface area contributed by atoms with Gasteiger partial charge in [0.05, 0.1) is 0 Å². The van der Waals surface area contributed by atoms with Crippen molar-refractivity contribution in [2.45, 2.75) is 32.4 Å². The molecule has 1 amide bonds. The van der Waals surface area contributed by atoms with E-state index in [1.807, 2.05) is 6.92 Å². The molecule has 1 heterocycles. The number of amides is 1. The Labute approximate surface area is 186 Å². The molecule has 3 rings (SSSR count). The maximum Gasteiger partial charge on any atom is 0.246 e. The van der Waals surface area contributed by atoms with E-state index in [9.17, 15) is 18.7 Å². The van der Waals surface area contributed by atoms with E-state index in [-0.39, 0.29) is 24.2 Å². The van der Waals surface area contributed by atoms with Gasteiger partial charge in [0, 0.05) is 37.9 Å². The van der Waals surface area contributed by atoms with Gasteiger partial charge in [0.2, 0.25) is 5.91 Å². The average molecular weight is 446 g/mol. The van der Waals surface area contributed by atoms with E-state index in [0.717, 1.165) is 37.6 Å². The molecule has 0 radical (unpaired) electrons. The predicted octanol–water partition coefficient (Wildman–Crippen LogP) is 2.83. The van der Waals surface area contributed by atoms with Crippen molar-refractivity contribution in [3.63, 3.8) is 0 Å². The predicted molar refractivity (Wildman–Crippen MR) is 121 cm³/mol. The second-order valence-corrected chi connectivity index (χ2v) is 7.73. The zero-order valence-corrected chi connectivity index (χ0v) is 18.1. The summed E-state index contributed by atoms with van der Waals surface area (Å²) < 4.78 is 26.5. The maximum absolute atomic E-state index is 13.4. The average Bonchev–Trinajstić information content (AvgIpc) is 2.78. The number of halogens is 2. The van der Waals surface area contributed by atoms with Gasteiger partial charge in [-0.05, 0) is 61.7 Å². The molecule has 0 aliphatic carbocycles. The molecule has 0 saturated carbocycles. The molecule has 2 aromatic rings. The number of anilines is 1. The van der Waals surface area contributed by atoms with Crippen LogP contribution in [0.5, 0.6) is 5.75 Å². The Balaban J connectivity index is 1.46. The zero-order chi connectivity index (χ0) is 22.9. The smallest absolute Gasteiger partial charge is 0.246 e. The van der Waals surface area contributed by atoms with Crippen LogP contribution in [-0.4, -0.2) is 54.1 Å². The van der Waals surface area contributed by atoms with Crippen molar-refractivity contribution >= 4 is 17.6 Å². The third kappa shape index (κ3) is 7.19. The third-order valence-electron chi connectivity index (χ3n) is 5.19. The lowest BCUT2D eigenvalue weighted by Gasteiger charge is -2.33. The number of rotatable bonds is 7. The lowest BCUT2D eigenvalue weighted by atomic mass is 10.0. The van der Waals surface area contributed by atoms with Crippen LogP contribution in [0.15, 0.2) is 47.5 Å². The number of piperidine rings is 1. The number of nitrogens with zero attached hydrogens (tertiary/aromatic N) is 2. The molecule has 172 valence electrons. The summed E-state index contributed by atoms with van der Waals surface area (Å²) in [4.78, 5) is 18.7. The fraction of sp³-hybridized carbons (Fsp3) is 0.391. The molecule has 0 spiro atoms. The minimum absolute atomic E-state index is 0.0365. The van der Waals surface area contributed by atoms with Crippen molar-refractivity contribution in [1.82, 2.24) is 15.5 Å². The molecular weight excluding hydrogens is 416 g/mol. The van der Waals surface area contributed by atoms with Crippen LogP contribution in [0.25, 0.3) is 0 Å². The van der Waals surface area contributed by atoms with Crippen molar-refractivity contribution < 1.29 is 18.7 Å². The summed E-state index contributed by atoms with van der Waals surface area (Å²) in [6.45, 7) is 4.80. The van der Waals surface area contributed by atoms with Crippen molar-refractivity contribution in [2.75, 3.05) is 31.5 Å². The van der Waals surface area contributed by atoms with E-state index in [4.69, 9.17) is 0 Å². The molecule has 1 saturated heterocycles. The highest BCUT2D eigenvalue weighted by Gasteiger charge is 2.20. The first-order valence-electron chi connectivity index (χ1n) is 10.7. The summed E-state index contributed by atoms with van der Waals surface area (Å²) >= 11 is 0. The lowest BCUT2D eigenvalue weighted by Crippen LogP contribution is -2.48. The number of carbonyl (C=O) groups is 1. The van der Waals surface area contributed by atoms with Gasteiger partial charge in [-0.2, -0.15) is 0 Å². The van der Waals surface area contributed by atoms with Gasteiger partial charge in [-0.25, -0.2) is 13.8 Å². The summed E-state index contributed by atoms with van der Waals surface area (Å²) in [5.74, 6) is -1.19. The van der Waals surface area contributed by atoms with Crippen LogP contribution >= 0.6 is 0 Å². The molecule has 0 unspecified atom stereocenters. The standard InChI is InChI=1S/C23H29F2N5O2/c1-2-26-23(27-14-22(32)28-17-4-6-19(31)7-5-17)29-18-9-11-30(12-10-18)15-16-3-8-20(24)21(25)13-16/h3-8,13,18,31H,2,9-12,14-15H2,1H3,(H,28,32)(H2,26,27,29). The monoisotopic (exact) mass is 445 g/mol. The van der Waals surface area contributed by atoms with Crippen LogP contribution < -0.4 is 16.0 Å². The van der Waals surface area contributed by atoms with Crippen LogP contribution in [-0.2, 0) is 11.3 Å². The van der Waals surface area contributed by atoms with Gasteiger partial charge in [-0.1, -0.05) is 6.07 Å². The molecule has 4 N–H and O–H groups in total. The molecular formula is C23H29F2N5O2. The maximum atomic E-state index is 13.4. The lowest BCUT2D eigenvalue weighted by molar-refractivity contribution is -0.114. The van der Waals surface area contributed by atoms with Crippen molar-refractivity contribution in [1.29, 1.82) is 0 Å². The van der Waals surface area contributed by atoms with E-state index in [2.05, 4.69) is 25.8 Å². The molecule has 2 aromatic carbocycles. The van der Waals surface area contributed by atoms with Crippen molar-refractivity contribution in [3.05, 3.63) is 59.7 Å². The minimum atomic E-state index is -0.830. The summed E-state index contributed by atoms with van der Waals surface area (Å²) in [5, 5.41) is 18.6. The van der Waals surface area contributed by atoms with E-state index in [1.54, 1.807) is 18.2 Å². The van der Waals surface area contributed by atoms with E-state index < -0.39 is 11.6 Å². The fourth-order valence-electron chi connectivity index (χ4n) is 3.54. The number of nitrogens with one attached hydrogen (secondary N) is 3. The molecule has 1 aliphatic rings. The third-order valence-corrected chi connectivity index (χ3v) is 5.19. The number of hydrogen-bond acceptors (Lipinski definition) is 4. The molecule has 0 atom stereocenters. The van der Waals surface area contributed by atoms with Crippen LogP contribution in [0, 0.1) is 11.6 Å². The topological polar surface area (TPSA) is 89.0 Å². The number of aromatic hydroxyl groups is 1. The molecule has 9 heteroatoms. The quantitative estimate of drug-likeness (QED) is 0.299. The number of phenolic OH excluding ortho intramolecular Hbond substituents is 1. The number of likely N-dealkylation sites (tertiary alicyclic amines) is 1. The normalized spacial score (nSPS) is 15.4. The summed E-state index contributed by atoms with van der Waals surface area (Å²) in [6.07, 6.45) is 1.74. The molecule has 0 aromatic heterocycles. The van der Waals surface area contributed by atoms with E-state index >= 15 is 0 Å². The Hall–Kier alpha value is -3.20. The highest BCUT2D eigenvalue weighted by Crippen LogP contribution is 2.16. The Bertz CT molecular complexity index is 928. The molecule has 0 bridgehead atoms. The molecule has 1 fully saturated rings. The van der Waals surface area contributed by atoms with Gasteiger partial charge >= 0.3 is 0 Å². The van der Waals surface area contributed by atoms with E-state index in [1.165, 1.54) is 18.2 Å². The number of carbonyl (C=O) groups excluding carboxylic acids is 1. The summed E-state index contributed by atoms with van der Waals surface area (Å²) in [5.41, 5.74) is 1.35. The van der Waals surface area contributed by atoms with Crippen molar-refractivity contribution in [2.24, 2.45) is 4.99 Å². The first-order chi connectivity index (χ1) is 15.4. The van der Waals surface area contributed by atoms with Gasteiger partial charge in [0.25, 0.3) is 0 Å². The second-order valence-electron chi connectivity index (χ2n) is 7.73. The second kappa shape index (κ2) is 11.4. The van der Waals surface area contributed by atoms with E-state index in [0.29, 0.717) is 24.7 Å². The van der Waals surface area contributed by atoms with Gasteiger partial charge < -0.3 is 21.1 Å². The van der Waals surface area contributed by atoms with Crippen LogP contribution in [0.3, 0.4) is 0 Å². The number of phenols is 1. The Morgan fingerprint density at radius 2 is 1.84 bits per heavy atom. The first-order valence-corrected chi connectivity index (χ1v) is 10.7. The van der Waals surface area contributed by atoms with Crippen LogP contribution in [0.2, 0.25) is 0 Å². The largest absolute Gasteiger partial charge is 0.508 e. The molecule has 32 heavy (non-hydrogen) atoms. The van der Waals surface area contributed by atoms with Gasteiger partial charge in [-0.15, -0.1) is 0 Å². The number of hydrogen-bond donors (Lipinski definition) is 4. The van der Waals surface area contributed by atoms with Gasteiger partial charge in [0.1, 0.15) is 12.3 Å². The highest BCUT2D eigenvalue weighted by molar-refractivity contribution is 5.94. The summed E-state index contributed by atoms with van der Waals surface area (Å²) in [7, 11) is 0. The number of guanidine groups is 1. The number of aliphatic imine (C=N–C) groups is 1. The Morgan fingerprint density at radius 1 is 1.12 bits per heavy atom. The fourth-order valence-corrected chi connectivity index (χ4v) is 3.54. The highest BCUT2D eigenvalue weighted by atomic mass is 19.2. The minimum Gasteiger partial charge on any atom is -0.508 e. The summed E-state index contributed by atoms with van der Waals surface area (Å²) in [6, 6.07) is 10.5. The zero-order valence-electron chi connectivity index (χ0n) is 18.1. The Morgan fingerprint density at radius 3 is 2.50 bits per heavy atom. The van der Waals surface area contributed by atoms with Crippen LogP contribution in [0.1, 0.15) is 25.3 Å². The molecule has 7 nitrogen and oxygen atoms in total. The SMILES string of the molecule is CCNC(=NCC(=O)Nc1ccc(O)cc1)NC1CCN(Cc2ccc(F)c(F)c2)CC1. The van der Waals surface area contributed by atoms with Gasteiger partial charge in [0.15, 0.2) is 17.6 Å². The first kappa shape index (κ1) is 23.5.